The van der Waals surface area contributed by atoms with Crippen LogP contribution in [0.25, 0.3) is 0 Å². The summed E-state index contributed by atoms with van der Waals surface area (Å²) < 4.78 is 0. The van der Waals surface area contributed by atoms with E-state index >= 15 is 0 Å². The molecule has 0 aromatic rings. The Morgan fingerprint density at radius 3 is 2.50 bits per heavy atom. The van der Waals surface area contributed by atoms with Gasteiger partial charge in [0.05, 0.1) is 6.10 Å². The first-order valence-electron chi connectivity index (χ1n) is 13.0. The molecule has 0 unspecified atom stereocenters. The molecular formula is C28H42O4. The number of aliphatic hydroxyl groups is 1. The minimum absolute atomic E-state index is 0.0531. The molecular weight excluding hydrogens is 400 g/mol. The van der Waals surface area contributed by atoms with Crippen LogP contribution in [0, 0.1) is 34.5 Å². The number of hydrogen-bond donors (Lipinski definition) is 1. The summed E-state index contributed by atoms with van der Waals surface area (Å²) >= 11 is 0. The van der Waals surface area contributed by atoms with Crippen LogP contribution in [0.1, 0.15) is 92.9 Å². The first kappa shape index (κ1) is 22.8. The zero-order valence-electron chi connectivity index (χ0n) is 20.9. The molecule has 1 spiro atoms. The Labute approximate surface area is 193 Å². The second-order valence-corrected chi connectivity index (χ2v) is 12.6. The van der Waals surface area contributed by atoms with Crippen LogP contribution < -0.4 is 0 Å². The zero-order valence-corrected chi connectivity index (χ0v) is 20.9. The molecule has 1 aliphatic heterocycles. The lowest BCUT2D eigenvalue weighted by molar-refractivity contribution is -0.344. The number of rotatable bonds is 4. The predicted molar refractivity (Wildman–Crippen MR) is 125 cm³/mol. The van der Waals surface area contributed by atoms with Gasteiger partial charge in [0.25, 0.3) is 0 Å². The fraction of sp³-hybridized carbons (Fsp3) is 0.821. The molecule has 4 nitrogen and oxygen atoms in total. The van der Waals surface area contributed by atoms with E-state index in [2.05, 4.69) is 53.7 Å². The smallest absolute Gasteiger partial charge is 0.164 e. The average molecular weight is 443 g/mol. The van der Waals surface area contributed by atoms with Crippen LogP contribution >= 0.6 is 0 Å². The highest BCUT2D eigenvalue weighted by Crippen LogP contribution is 2.72. The molecule has 32 heavy (non-hydrogen) atoms. The van der Waals surface area contributed by atoms with Crippen molar-refractivity contribution in [2.24, 2.45) is 34.5 Å². The minimum atomic E-state index is -0.666. The normalized spacial score (nSPS) is 47.6. The summed E-state index contributed by atoms with van der Waals surface area (Å²) in [7, 11) is 0. The van der Waals surface area contributed by atoms with Gasteiger partial charge in [-0.05, 0) is 67.6 Å². The number of carbonyl (C=O) groups excluding carboxylic acids is 1. The van der Waals surface area contributed by atoms with Crippen molar-refractivity contribution >= 4 is 5.78 Å². The van der Waals surface area contributed by atoms with E-state index in [1.807, 2.05) is 0 Å². The van der Waals surface area contributed by atoms with Crippen molar-refractivity contribution in [2.45, 2.75) is 110 Å². The van der Waals surface area contributed by atoms with Gasteiger partial charge in [-0.25, -0.2) is 9.78 Å². The number of ketones is 1. The molecule has 8 atom stereocenters. The summed E-state index contributed by atoms with van der Waals surface area (Å²) in [6, 6.07) is 0. The molecule has 5 aliphatic rings. The van der Waals surface area contributed by atoms with Crippen molar-refractivity contribution in [2.75, 3.05) is 0 Å². The Balaban J connectivity index is 1.53. The summed E-state index contributed by atoms with van der Waals surface area (Å²) in [6.45, 7) is 13.9. The summed E-state index contributed by atoms with van der Waals surface area (Å²) in [4.78, 5) is 26.1. The van der Waals surface area contributed by atoms with Crippen molar-refractivity contribution in [1.82, 2.24) is 0 Å². The van der Waals surface area contributed by atoms with Gasteiger partial charge in [-0.3, -0.25) is 4.79 Å². The van der Waals surface area contributed by atoms with Crippen molar-refractivity contribution < 1.29 is 19.7 Å². The lowest BCUT2D eigenvalue weighted by Crippen LogP contribution is -2.65. The largest absolute Gasteiger partial charge is 0.393 e. The van der Waals surface area contributed by atoms with Crippen LogP contribution in [0.4, 0.5) is 0 Å². The maximum absolute atomic E-state index is 13.7. The van der Waals surface area contributed by atoms with Gasteiger partial charge in [-0.1, -0.05) is 59.3 Å². The Hall–Kier alpha value is -0.970. The lowest BCUT2D eigenvalue weighted by Gasteiger charge is -2.58. The molecule has 0 aromatic heterocycles. The molecule has 4 heteroatoms. The van der Waals surface area contributed by atoms with E-state index in [-0.39, 0.29) is 16.6 Å². The molecule has 1 heterocycles. The number of aliphatic hydroxyl groups excluding tert-OH is 1. The van der Waals surface area contributed by atoms with Crippen LogP contribution in [0.5, 0.6) is 0 Å². The molecule has 178 valence electrons. The highest BCUT2D eigenvalue weighted by Gasteiger charge is 2.77. The van der Waals surface area contributed by atoms with Crippen LogP contribution in [0.2, 0.25) is 0 Å². The second kappa shape index (κ2) is 7.26. The van der Waals surface area contributed by atoms with E-state index in [1.165, 1.54) is 5.57 Å². The highest BCUT2D eigenvalue weighted by molar-refractivity contribution is 6.01. The SMILES string of the molecule is CC(C)[C@@H](C)/C=C/[C@@H](C)[C@H]1CCC2=C3C(=O)C[C@@]45C[C@@H](O)CC[C@]4(C)[C@]3(CC[C@@]21C)OO5. The van der Waals surface area contributed by atoms with Crippen molar-refractivity contribution in [1.29, 1.82) is 0 Å². The van der Waals surface area contributed by atoms with E-state index < -0.39 is 17.3 Å². The fourth-order valence-corrected chi connectivity index (χ4v) is 8.23. The van der Waals surface area contributed by atoms with E-state index in [1.54, 1.807) is 0 Å². The van der Waals surface area contributed by atoms with Gasteiger partial charge < -0.3 is 5.11 Å². The van der Waals surface area contributed by atoms with Gasteiger partial charge in [0.2, 0.25) is 0 Å². The van der Waals surface area contributed by atoms with Crippen LogP contribution in [-0.4, -0.2) is 28.2 Å². The summed E-state index contributed by atoms with van der Waals surface area (Å²) in [6.07, 6.45) is 10.9. The Kier molecular flexibility index (Phi) is 5.18. The fourth-order valence-electron chi connectivity index (χ4n) is 8.23. The summed E-state index contributed by atoms with van der Waals surface area (Å²) in [5, 5.41) is 10.4. The van der Waals surface area contributed by atoms with E-state index in [0.29, 0.717) is 36.5 Å². The molecule has 3 saturated carbocycles. The number of carbonyl (C=O) groups is 1. The highest BCUT2D eigenvalue weighted by atomic mass is 17.2. The molecule has 0 radical (unpaired) electrons. The molecule has 2 bridgehead atoms. The second-order valence-electron chi connectivity index (χ2n) is 12.6. The Bertz CT molecular complexity index is 873. The summed E-state index contributed by atoms with van der Waals surface area (Å²) in [5.74, 6) is 2.50. The molecule has 0 aromatic carbocycles. The number of Topliss-reactive ketones (excluding diaryl/α,β-unsaturated/α-hetero) is 1. The topological polar surface area (TPSA) is 55.8 Å². The molecule has 1 N–H and O–H groups in total. The first-order valence-corrected chi connectivity index (χ1v) is 13.0. The van der Waals surface area contributed by atoms with Gasteiger partial charge >= 0.3 is 0 Å². The predicted octanol–water partition coefficient (Wildman–Crippen LogP) is 5.94. The van der Waals surface area contributed by atoms with E-state index in [4.69, 9.17) is 9.78 Å². The Morgan fingerprint density at radius 2 is 1.78 bits per heavy atom. The van der Waals surface area contributed by atoms with Crippen molar-refractivity contribution in [3.8, 4) is 0 Å². The number of allylic oxidation sites excluding steroid dienone is 3. The minimum Gasteiger partial charge on any atom is -0.393 e. The molecule has 4 aliphatic carbocycles. The average Bonchev–Trinajstić information content (AvgIpc) is 3.15. The third kappa shape index (κ3) is 2.75. The van der Waals surface area contributed by atoms with Gasteiger partial charge in [-0.2, -0.15) is 0 Å². The maximum Gasteiger partial charge on any atom is 0.164 e. The lowest BCUT2D eigenvalue weighted by atomic mass is 9.45. The quantitative estimate of drug-likeness (QED) is 0.432. The van der Waals surface area contributed by atoms with E-state index in [0.717, 1.165) is 44.1 Å². The van der Waals surface area contributed by atoms with Crippen molar-refractivity contribution in [3.63, 3.8) is 0 Å². The van der Waals surface area contributed by atoms with Gasteiger partial charge in [0.15, 0.2) is 5.78 Å². The molecule has 0 amide bonds. The zero-order chi connectivity index (χ0) is 23.1. The van der Waals surface area contributed by atoms with Gasteiger partial charge in [0.1, 0.15) is 11.2 Å². The third-order valence-corrected chi connectivity index (χ3v) is 10.8. The van der Waals surface area contributed by atoms with Gasteiger partial charge in [0, 0.05) is 23.8 Å². The molecule has 1 saturated heterocycles. The van der Waals surface area contributed by atoms with Crippen molar-refractivity contribution in [3.05, 3.63) is 23.3 Å². The third-order valence-electron chi connectivity index (χ3n) is 10.8. The first-order chi connectivity index (χ1) is 15.0. The number of fused-ring (bicyclic) bond motifs is 1. The van der Waals surface area contributed by atoms with E-state index in [9.17, 15) is 9.90 Å². The Morgan fingerprint density at radius 1 is 1.03 bits per heavy atom. The van der Waals surface area contributed by atoms with Crippen LogP contribution in [-0.2, 0) is 14.6 Å². The standard InChI is InChI=1S/C28H42O4/c1-17(2)18(3)7-8-19(4)21-9-10-22-24-23(30)16-27-15-20(29)11-12-26(27,6)28(24,32-31-27)14-13-25(21,22)5/h7-8,17-21,29H,9-16H2,1-6H3/b8-7+/t18-,19+,20-,21+,25+,26-,27-,28+/m0/s1. The van der Waals surface area contributed by atoms with Gasteiger partial charge in [-0.15, -0.1) is 0 Å². The van der Waals surface area contributed by atoms with Crippen LogP contribution in [0.3, 0.4) is 0 Å². The summed E-state index contributed by atoms with van der Waals surface area (Å²) in [5.41, 5.74) is 0.845. The van der Waals surface area contributed by atoms with Crippen LogP contribution in [0.15, 0.2) is 23.3 Å². The molecule has 4 fully saturated rings. The maximum atomic E-state index is 13.7. The number of hydrogen-bond acceptors (Lipinski definition) is 4. The molecule has 5 rings (SSSR count). The monoisotopic (exact) mass is 442 g/mol.